The zero-order valence-corrected chi connectivity index (χ0v) is 15.0. The molecule has 0 bridgehead atoms. The lowest BCUT2D eigenvalue weighted by Gasteiger charge is -2.24. The number of nitriles is 1. The lowest BCUT2D eigenvalue weighted by atomic mass is 10.1. The third-order valence-electron chi connectivity index (χ3n) is 3.49. The van der Waals surface area contributed by atoms with Crippen LogP contribution in [0.2, 0.25) is 0 Å². The van der Waals surface area contributed by atoms with Gasteiger partial charge in [0.1, 0.15) is 11.7 Å². The normalized spacial score (nSPS) is 11.0. The van der Waals surface area contributed by atoms with E-state index in [9.17, 15) is 4.79 Å². The maximum atomic E-state index is 12.5. The Labute approximate surface area is 143 Å². The smallest absolute Gasteiger partial charge is 0.258 e. The first-order valence-electron chi connectivity index (χ1n) is 8.30. The molecule has 0 radical (unpaired) electrons. The number of amides is 1. The molecule has 2 aromatic rings. The molecule has 1 amide bonds. The standard InChI is InChI=1S/C16H19N5O.C2H6/c1-4-13(9-17)16(22)20(5-2)21-11-15(19-12(21)3)14-7-6-8-18-10-14;1-2/h6-8,10-11,13H,4-5H2,1-3H3;1-2H3. The van der Waals surface area contributed by atoms with Crippen molar-refractivity contribution in [2.24, 2.45) is 5.92 Å². The first kappa shape index (κ1) is 19.4. The Bertz CT molecular complexity index is 687. The van der Waals surface area contributed by atoms with E-state index in [1.807, 2.05) is 46.8 Å². The molecule has 2 heterocycles. The monoisotopic (exact) mass is 327 g/mol. The highest BCUT2D eigenvalue weighted by molar-refractivity contribution is 5.90. The number of imidazole rings is 1. The third kappa shape index (κ3) is 4.19. The van der Waals surface area contributed by atoms with Crippen molar-refractivity contribution in [3.8, 4) is 17.3 Å². The predicted octanol–water partition coefficient (Wildman–Crippen LogP) is 3.31. The van der Waals surface area contributed by atoms with Gasteiger partial charge in [0.15, 0.2) is 0 Å². The summed E-state index contributed by atoms with van der Waals surface area (Å²) in [7, 11) is 0. The van der Waals surface area contributed by atoms with Crippen LogP contribution in [-0.2, 0) is 4.79 Å². The summed E-state index contributed by atoms with van der Waals surface area (Å²) in [5, 5.41) is 10.7. The molecule has 128 valence electrons. The summed E-state index contributed by atoms with van der Waals surface area (Å²) >= 11 is 0. The molecule has 2 aromatic heterocycles. The molecule has 0 aliphatic carbocycles. The van der Waals surface area contributed by atoms with Gasteiger partial charge in [-0.2, -0.15) is 5.26 Å². The SMILES string of the molecule is CC.CCC(C#N)C(=O)N(CC)n1cc(-c2cccnc2)nc1C. The summed E-state index contributed by atoms with van der Waals surface area (Å²) < 4.78 is 1.71. The number of rotatable bonds is 5. The van der Waals surface area contributed by atoms with Crippen LogP contribution < -0.4 is 5.01 Å². The molecular formula is C18H25N5O. The van der Waals surface area contributed by atoms with E-state index in [0.29, 0.717) is 18.8 Å². The Kier molecular flexibility index (Phi) is 7.63. The predicted molar refractivity (Wildman–Crippen MR) is 94.7 cm³/mol. The second kappa shape index (κ2) is 9.46. The van der Waals surface area contributed by atoms with E-state index in [4.69, 9.17) is 5.26 Å². The van der Waals surface area contributed by atoms with Crippen LogP contribution in [0.25, 0.3) is 11.3 Å². The van der Waals surface area contributed by atoms with Gasteiger partial charge in [0.2, 0.25) is 0 Å². The molecule has 1 atom stereocenters. The minimum atomic E-state index is -0.636. The van der Waals surface area contributed by atoms with E-state index in [1.165, 1.54) is 0 Å². The Morgan fingerprint density at radius 3 is 2.62 bits per heavy atom. The van der Waals surface area contributed by atoms with Crippen molar-refractivity contribution in [1.29, 1.82) is 5.26 Å². The first-order chi connectivity index (χ1) is 11.6. The second-order valence-electron chi connectivity index (χ2n) is 4.90. The van der Waals surface area contributed by atoms with Gasteiger partial charge < -0.3 is 0 Å². The molecule has 2 rings (SSSR count). The molecule has 6 heteroatoms. The van der Waals surface area contributed by atoms with Crippen LogP contribution in [0.3, 0.4) is 0 Å². The highest BCUT2D eigenvalue weighted by Crippen LogP contribution is 2.18. The Morgan fingerprint density at radius 2 is 2.12 bits per heavy atom. The maximum absolute atomic E-state index is 12.5. The zero-order chi connectivity index (χ0) is 18.1. The van der Waals surface area contributed by atoms with Gasteiger partial charge >= 0.3 is 0 Å². The highest BCUT2D eigenvalue weighted by atomic mass is 16.2. The number of hydrogen-bond donors (Lipinski definition) is 0. The van der Waals surface area contributed by atoms with Gasteiger partial charge in [-0.1, -0.05) is 20.8 Å². The Morgan fingerprint density at radius 1 is 1.42 bits per heavy atom. The second-order valence-corrected chi connectivity index (χ2v) is 4.90. The highest BCUT2D eigenvalue weighted by Gasteiger charge is 2.24. The number of aryl methyl sites for hydroxylation is 1. The van der Waals surface area contributed by atoms with E-state index in [1.54, 1.807) is 28.3 Å². The average Bonchev–Trinajstić information content (AvgIpc) is 3.01. The van der Waals surface area contributed by atoms with E-state index in [0.717, 1.165) is 11.3 Å². The van der Waals surface area contributed by atoms with Crippen molar-refractivity contribution >= 4 is 5.91 Å². The van der Waals surface area contributed by atoms with Crippen LogP contribution in [0.4, 0.5) is 0 Å². The van der Waals surface area contributed by atoms with Crippen molar-refractivity contribution in [3.05, 3.63) is 36.5 Å². The van der Waals surface area contributed by atoms with Gasteiger partial charge in [0.05, 0.1) is 18.0 Å². The summed E-state index contributed by atoms with van der Waals surface area (Å²) in [5.74, 6) is -0.142. The van der Waals surface area contributed by atoms with Gasteiger partial charge in [-0.3, -0.25) is 9.78 Å². The van der Waals surface area contributed by atoms with Gasteiger partial charge in [0, 0.05) is 24.5 Å². The van der Waals surface area contributed by atoms with Crippen molar-refractivity contribution in [2.75, 3.05) is 11.6 Å². The van der Waals surface area contributed by atoms with Crippen molar-refractivity contribution in [3.63, 3.8) is 0 Å². The molecule has 0 fully saturated rings. The topological polar surface area (TPSA) is 74.8 Å². The van der Waals surface area contributed by atoms with Crippen LogP contribution in [-0.4, -0.2) is 27.1 Å². The lowest BCUT2D eigenvalue weighted by molar-refractivity contribution is -0.122. The lowest BCUT2D eigenvalue weighted by Crippen LogP contribution is -2.43. The zero-order valence-electron chi connectivity index (χ0n) is 15.0. The molecule has 0 spiro atoms. The molecule has 0 aromatic carbocycles. The van der Waals surface area contributed by atoms with E-state index >= 15 is 0 Å². The third-order valence-corrected chi connectivity index (χ3v) is 3.49. The van der Waals surface area contributed by atoms with Crippen LogP contribution in [0.15, 0.2) is 30.7 Å². The Hall–Kier alpha value is -2.68. The number of aromatic nitrogens is 3. The number of carbonyl (C=O) groups is 1. The molecule has 6 nitrogen and oxygen atoms in total. The maximum Gasteiger partial charge on any atom is 0.258 e. The van der Waals surface area contributed by atoms with E-state index in [-0.39, 0.29) is 5.91 Å². The average molecular weight is 327 g/mol. The summed E-state index contributed by atoms with van der Waals surface area (Å²) in [5.41, 5.74) is 1.64. The number of hydrogen-bond acceptors (Lipinski definition) is 4. The largest absolute Gasteiger partial charge is 0.271 e. The van der Waals surface area contributed by atoms with Crippen molar-refractivity contribution < 1.29 is 4.79 Å². The molecule has 0 saturated heterocycles. The van der Waals surface area contributed by atoms with Gasteiger partial charge in [-0.25, -0.2) is 14.7 Å². The van der Waals surface area contributed by atoms with Gasteiger partial charge in [-0.05, 0) is 32.4 Å². The fourth-order valence-corrected chi connectivity index (χ4v) is 2.28. The quantitative estimate of drug-likeness (QED) is 0.844. The molecular weight excluding hydrogens is 302 g/mol. The number of carbonyl (C=O) groups excluding carboxylic acids is 1. The van der Waals surface area contributed by atoms with Gasteiger partial charge in [0.25, 0.3) is 5.91 Å². The summed E-state index contributed by atoms with van der Waals surface area (Å²) in [6.45, 7) is 10.0. The first-order valence-corrected chi connectivity index (χ1v) is 8.30. The van der Waals surface area contributed by atoms with Crippen molar-refractivity contribution in [2.45, 2.75) is 41.0 Å². The van der Waals surface area contributed by atoms with E-state index in [2.05, 4.69) is 16.0 Å². The Balaban J connectivity index is 0.00000139. The molecule has 0 aliphatic heterocycles. The molecule has 0 saturated carbocycles. The molecule has 24 heavy (non-hydrogen) atoms. The van der Waals surface area contributed by atoms with Crippen LogP contribution in [0.1, 0.15) is 39.9 Å². The molecule has 1 unspecified atom stereocenters. The fourth-order valence-electron chi connectivity index (χ4n) is 2.28. The van der Waals surface area contributed by atoms with Crippen molar-refractivity contribution in [1.82, 2.24) is 14.6 Å². The summed E-state index contributed by atoms with van der Waals surface area (Å²) in [4.78, 5) is 21.0. The van der Waals surface area contributed by atoms with Gasteiger partial charge in [-0.15, -0.1) is 0 Å². The molecule has 0 aliphatic rings. The summed E-state index contributed by atoms with van der Waals surface area (Å²) in [6, 6.07) is 5.82. The van der Waals surface area contributed by atoms with E-state index < -0.39 is 5.92 Å². The van der Waals surface area contributed by atoms with Crippen LogP contribution in [0.5, 0.6) is 0 Å². The minimum absolute atomic E-state index is 0.203. The number of nitrogens with zero attached hydrogens (tertiary/aromatic N) is 5. The van der Waals surface area contributed by atoms with Crippen LogP contribution in [0, 0.1) is 24.2 Å². The number of pyridine rings is 1. The summed E-state index contributed by atoms with van der Waals surface area (Å²) in [6.07, 6.45) is 5.73. The minimum Gasteiger partial charge on any atom is -0.271 e. The fraction of sp³-hybridized carbons (Fsp3) is 0.444. The molecule has 0 N–H and O–H groups in total. The van der Waals surface area contributed by atoms with Crippen LogP contribution >= 0.6 is 0 Å².